The van der Waals surface area contributed by atoms with Crippen LogP contribution in [-0.4, -0.2) is 11.6 Å². The fourth-order valence-corrected chi connectivity index (χ4v) is 3.24. The molecule has 0 aliphatic rings. The second-order valence-electron chi connectivity index (χ2n) is 3.66. The smallest absolute Gasteiger partial charge is 0.139 e. The summed E-state index contributed by atoms with van der Waals surface area (Å²) >= 11 is 22.6. The number of nitrogens with zero attached hydrogens (tertiary/aromatic N) is 1. The lowest BCUT2D eigenvalue weighted by molar-refractivity contribution is 0.322. The molecule has 0 unspecified atom stereocenters. The lowest BCUT2D eigenvalue weighted by Crippen LogP contribution is -2.01. The number of benzene rings is 1. The lowest BCUT2D eigenvalue weighted by Gasteiger charge is -2.08. The molecule has 19 heavy (non-hydrogen) atoms. The first-order chi connectivity index (χ1) is 9.10. The van der Waals surface area contributed by atoms with Gasteiger partial charge in [-0.1, -0.05) is 23.2 Å². The van der Waals surface area contributed by atoms with Gasteiger partial charge in [0.15, 0.2) is 0 Å². The summed E-state index contributed by atoms with van der Waals surface area (Å²) in [6, 6.07) is 3.41. The third-order valence-corrected chi connectivity index (χ3v) is 5.01. The molecule has 0 saturated carbocycles. The molecule has 0 aliphatic carbocycles. The topological polar surface area (TPSA) is 22.1 Å². The Balaban J connectivity index is 1.94. The molecular formula is C12H9BrCl3NOS. The second-order valence-corrected chi connectivity index (χ2v) is 6.54. The summed E-state index contributed by atoms with van der Waals surface area (Å²) in [6.45, 7) is 0.493. The highest BCUT2D eigenvalue weighted by molar-refractivity contribution is 9.10. The molecule has 2 nitrogen and oxygen atoms in total. The molecule has 102 valence electrons. The maximum absolute atomic E-state index is 6.07. The first-order valence-corrected chi connectivity index (χ1v) is 8.33. The summed E-state index contributed by atoms with van der Waals surface area (Å²) in [5.74, 6) is 1.01. The van der Waals surface area contributed by atoms with E-state index in [-0.39, 0.29) is 0 Å². The molecule has 0 aliphatic heterocycles. The van der Waals surface area contributed by atoms with Gasteiger partial charge < -0.3 is 4.74 Å². The zero-order valence-electron chi connectivity index (χ0n) is 9.63. The van der Waals surface area contributed by atoms with E-state index in [0.29, 0.717) is 34.7 Å². The number of aromatic nitrogens is 1. The molecule has 1 heterocycles. The Kier molecular flexibility index (Phi) is 5.78. The molecule has 0 saturated heterocycles. The SMILES string of the molecule is ClCc1csc(CCOc2cc(Cl)c(Br)cc2Cl)n1. The first kappa shape index (κ1) is 15.4. The monoisotopic (exact) mass is 399 g/mol. The van der Waals surface area contributed by atoms with Crippen molar-refractivity contribution in [3.05, 3.63) is 42.7 Å². The van der Waals surface area contributed by atoms with E-state index in [1.807, 2.05) is 5.38 Å². The molecule has 2 aromatic rings. The van der Waals surface area contributed by atoms with E-state index >= 15 is 0 Å². The Bertz CT molecular complexity index is 576. The molecule has 0 fully saturated rings. The van der Waals surface area contributed by atoms with Gasteiger partial charge in [-0.2, -0.15) is 0 Å². The molecule has 0 atom stereocenters. The molecular weight excluding hydrogens is 392 g/mol. The normalized spacial score (nSPS) is 10.7. The number of alkyl halides is 1. The Hall–Kier alpha value is -0.000000000000000167. The Morgan fingerprint density at radius 3 is 2.74 bits per heavy atom. The van der Waals surface area contributed by atoms with Gasteiger partial charge >= 0.3 is 0 Å². The van der Waals surface area contributed by atoms with E-state index in [2.05, 4.69) is 20.9 Å². The Morgan fingerprint density at radius 1 is 1.26 bits per heavy atom. The van der Waals surface area contributed by atoms with Crippen LogP contribution >= 0.6 is 62.1 Å². The summed E-state index contributed by atoms with van der Waals surface area (Å²) in [4.78, 5) is 4.35. The van der Waals surface area contributed by atoms with Crippen molar-refractivity contribution in [3.63, 3.8) is 0 Å². The highest BCUT2D eigenvalue weighted by Gasteiger charge is 2.07. The minimum atomic E-state index is 0.436. The number of thiazole rings is 1. The van der Waals surface area contributed by atoms with Crippen molar-refractivity contribution >= 4 is 62.1 Å². The number of hydrogen-bond donors (Lipinski definition) is 0. The molecule has 2 rings (SSSR count). The molecule has 0 N–H and O–H groups in total. The molecule has 0 bridgehead atoms. The van der Waals surface area contributed by atoms with Crippen LogP contribution in [0.5, 0.6) is 5.75 Å². The van der Waals surface area contributed by atoms with Crippen LogP contribution in [0.1, 0.15) is 10.7 Å². The van der Waals surface area contributed by atoms with Gasteiger partial charge in [0.05, 0.1) is 33.2 Å². The maximum atomic E-state index is 6.07. The summed E-state index contributed by atoms with van der Waals surface area (Å²) < 4.78 is 6.36. The van der Waals surface area contributed by atoms with Crippen LogP contribution in [0, 0.1) is 0 Å². The lowest BCUT2D eigenvalue weighted by atomic mass is 10.3. The van der Waals surface area contributed by atoms with Gasteiger partial charge in [0.1, 0.15) is 5.75 Å². The molecule has 0 spiro atoms. The van der Waals surface area contributed by atoms with Crippen molar-refractivity contribution in [2.45, 2.75) is 12.3 Å². The van der Waals surface area contributed by atoms with E-state index in [9.17, 15) is 0 Å². The Morgan fingerprint density at radius 2 is 2.05 bits per heavy atom. The predicted octanol–water partition coefficient (Wildman–Crippen LogP) is 5.57. The van der Waals surface area contributed by atoms with Crippen LogP contribution in [0.25, 0.3) is 0 Å². The minimum absolute atomic E-state index is 0.436. The van der Waals surface area contributed by atoms with Gasteiger partial charge in [0.25, 0.3) is 0 Å². The molecule has 0 amide bonds. The van der Waals surface area contributed by atoms with Gasteiger partial charge in [-0.3, -0.25) is 0 Å². The fraction of sp³-hybridized carbons (Fsp3) is 0.250. The van der Waals surface area contributed by atoms with E-state index in [4.69, 9.17) is 39.5 Å². The fourth-order valence-electron chi connectivity index (χ4n) is 1.39. The molecule has 0 radical (unpaired) electrons. The summed E-state index contributed by atoms with van der Waals surface area (Å²) in [6.07, 6.45) is 0.714. The number of rotatable bonds is 5. The van der Waals surface area contributed by atoms with Crippen LogP contribution in [0.2, 0.25) is 10.0 Å². The van der Waals surface area contributed by atoms with E-state index in [1.165, 1.54) is 0 Å². The third-order valence-electron chi connectivity index (χ3n) is 2.28. The Labute approximate surface area is 138 Å². The highest BCUT2D eigenvalue weighted by atomic mass is 79.9. The van der Waals surface area contributed by atoms with Crippen LogP contribution in [0.15, 0.2) is 22.0 Å². The van der Waals surface area contributed by atoms with Crippen LogP contribution < -0.4 is 4.74 Å². The summed E-state index contributed by atoms with van der Waals surface area (Å²) in [5, 5.41) is 4.04. The average Bonchev–Trinajstić information content (AvgIpc) is 2.83. The van der Waals surface area contributed by atoms with E-state index in [1.54, 1.807) is 23.5 Å². The molecule has 1 aromatic heterocycles. The highest BCUT2D eigenvalue weighted by Crippen LogP contribution is 2.34. The predicted molar refractivity (Wildman–Crippen MR) is 85.0 cm³/mol. The number of hydrogen-bond acceptors (Lipinski definition) is 3. The van der Waals surface area contributed by atoms with Crippen molar-refractivity contribution in [1.82, 2.24) is 4.98 Å². The summed E-state index contributed by atoms with van der Waals surface area (Å²) in [5.41, 5.74) is 0.895. The number of ether oxygens (including phenoxy) is 1. The summed E-state index contributed by atoms with van der Waals surface area (Å²) in [7, 11) is 0. The second kappa shape index (κ2) is 7.14. The van der Waals surface area contributed by atoms with Gasteiger partial charge in [-0.15, -0.1) is 22.9 Å². The van der Waals surface area contributed by atoms with Crippen LogP contribution in [0.3, 0.4) is 0 Å². The van der Waals surface area contributed by atoms with E-state index in [0.717, 1.165) is 15.2 Å². The maximum Gasteiger partial charge on any atom is 0.139 e. The quantitative estimate of drug-likeness (QED) is 0.482. The van der Waals surface area contributed by atoms with Crippen molar-refractivity contribution in [3.8, 4) is 5.75 Å². The van der Waals surface area contributed by atoms with Gasteiger partial charge in [0, 0.05) is 22.3 Å². The average molecular weight is 402 g/mol. The van der Waals surface area contributed by atoms with Crippen LogP contribution in [-0.2, 0) is 12.3 Å². The van der Waals surface area contributed by atoms with Gasteiger partial charge in [-0.05, 0) is 22.0 Å². The zero-order valence-corrected chi connectivity index (χ0v) is 14.3. The van der Waals surface area contributed by atoms with Gasteiger partial charge in [0.2, 0.25) is 0 Å². The van der Waals surface area contributed by atoms with Crippen molar-refractivity contribution < 1.29 is 4.74 Å². The first-order valence-electron chi connectivity index (χ1n) is 5.36. The minimum Gasteiger partial charge on any atom is -0.492 e. The van der Waals surface area contributed by atoms with Crippen LogP contribution in [0.4, 0.5) is 0 Å². The largest absolute Gasteiger partial charge is 0.492 e. The van der Waals surface area contributed by atoms with Crippen molar-refractivity contribution in [2.24, 2.45) is 0 Å². The van der Waals surface area contributed by atoms with E-state index < -0.39 is 0 Å². The zero-order chi connectivity index (χ0) is 13.8. The molecule has 1 aromatic carbocycles. The van der Waals surface area contributed by atoms with Gasteiger partial charge in [-0.25, -0.2) is 4.98 Å². The third kappa shape index (κ3) is 4.23. The molecule has 7 heteroatoms. The van der Waals surface area contributed by atoms with Crippen molar-refractivity contribution in [1.29, 1.82) is 0 Å². The van der Waals surface area contributed by atoms with Crippen molar-refractivity contribution in [2.75, 3.05) is 6.61 Å². The standard InChI is InChI=1S/C12H9BrCl3NOS/c13-8-3-10(16)11(4-9(8)15)18-2-1-12-17-7(5-14)6-19-12/h3-4,6H,1-2,5H2. The number of halogens is 4.